The van der Waals surface area contributed by atoms with Crippen LogP contribution in [-0.2, 0) is 9.59 Å². The van der Waals surface area contributed by atoms with Crippen LogP contribution in [0.5, 0.6) is 0 Å². The van der Waals surface area contributed by atoms with E-state index in [0.29, 0.717) is 16.7 Å². The average molecular weight is 298 g/mol. The number of benzene rings is 1. The highest BCUT2D eigenvalue weighted by Gasteiger charge is 2.25. The number of anilines is 1. The van der Waals surface area contributed by atoms with Crippen LogP contribution < -0.4 is 22.7 Å². The minimum Gasteiger partial charge on any atom is -1.00 e. The van der Waals surface area contributed by atoms with Crippen LogP contribution >= 0.6 is 0 Å². The Labute approximate surface area is 120 Å². The molecule has 2 rings (SSSR count). The maximum atomic E-state index is 11.0. The number of nitrogens with one attached hydrogen (secondary N) is 2. The molecule has 4 N–H and O–H groups in total. The van der Waals surface area contributed by atoms with Gasteiger partial charge in [0.25, 0.3) is 0 Å². The lowest BCUT2D eigenvalue weighted by atomic mass is 10.2. The lowest BCUT2D eigenvalue weighted by Crippen LogP contribution is -3.00. The summed E-state index contributed by atoms with van der Waals surface area (Å²) in [5.41, 5.74) is 0.684. The number of halogens is 1. The van der Waals surface area contributed by atoms with Gasteiger partial charge >= 0.3 is 11.9 Å². The SMILES string of the molecule is O=C(O)CC(Nc1[nH+]cnc2ccccc12)C(=O)O.[Cl-]. The van der Waals surface area contributed by atoms with Crippen molar-refractivity contribution in [2.45, 2.75) is 12.5 Å². The zero-order valence-corrected chi connectivity index (χ0v) is 11.0. The van der Waals surface area contributed by atoms with Crippen LogP contribution in [0.3, 0.4) is 0 Å². The number of aliphatic carboxylic acids is 2. The summed E-state index contributed by atoms with van der Waals surface area (Å²) < 4.78 is 0. The molecule has 1 aromatic heterocycles. The predicted octanol–water partition coefficient (Wildman–Crippen LogP) is -2.61. The number of nitrogens with zero attached hydrogens (tertiary/aromatic N) is 1. The number of rotatable bonds is 5. The molecule has 1 aromatic carbocycles. The van der Waals surface area contributed by atoms with Crippen LogP contribution in [0.1, 0.15) is 6.42 Å². The molecule has 0 bridgehead atoms. The molecule has 0 saturated heterocycles. The largest absolute Gasteiger partial charge is 1.00 e. The average Bonchev–Trinajstić information content (AvgIpc) is 2.37. The molecule has 1 heterocycles. The van der Waals surface area contributed by atoms with Gasteiger partial charge in [-0.05, 0) is 12.1 Å². The van der Waals surface area contributed by atoms with E-state index < -0.39 is 24.4 Å². The van der Waals surface area contributed by atoms with Crippen molar-refractivity contribution in [3.8, 4) is 0 Å². The summed E-state index contributed by atoms with van der Waals surface area (Å²) in [6, 6.07) is 5.93. The lowest BCUT2D eigenvalue weighted by Gasteiger charge is -2.09. The van der Waals surface area contributed by atoms with Gasteiger partial charge in [-0.1, -0.05) is 12.1 Å². The molecule has 1 atom stereocenters. The summed E-state index contributed by atoms with van der Waals surface area (Å²) >= 11 is 0. The van der Waals surface area contributed by atoms with Crippen molar-refractivity contribution in [3.63, 3.8) is 0 Å². The third-order valence-corrected chi connectivity index (χ3v) is 2.58. The fraction of sp³-hybridized carbons (Fsp3) is 0.167. The summed E-state index contributed by atoms with van der Waals surface area (Å²) in [6.45, 7) is 0. The predicted molar refractivity (Wildman–Crippen MR) is 65.6 cm³/mol. The molecule has 0 saturated carbocycles. The summed E-state index contributed by atoms with van der Waals surface area (Å²) in [7, 11) is 0. The first kappa shape index (κ1) is 15.6. The van der Waals surface area contributed by atoms with E-state index in [9.17, 15) is 9.59 Å². The van der Waals surface area contributed by atoms with E-state index in [1.165, 1.54) is 6.33 Å². The minimum atomic E-state index is -1.23. The minimum absolute atomic E-state index is 0. The molecule has 0 aliphatic heterocycles. The molecule has 20 heavy (non-hydrogen) atoms. The first-order valence-electron chi connectivity index (χ1n) is 5.54. The summed E-state index contributed by atoms with van der Waals surface area (Å²) in [5.74, 6) is -1.98. The number of carbonyl (C=O) groups is 2. The second kappa shape index (κ2) is 6.67. The molecule has 0 aliphatic carbocycles. The van der Waals surface area contributed by atoms with Crippen LogP contribution in [0.25, 0.3) is 10.9 Å². The Morgan fingerprint density at radius 2 is 2.00 bits per heavy atom. The van der Waals surface area contributed by atoms with Crippen molar-refractivity contribution < 1.29 is 37.2 Å². The quantitative estimate of drug-likeness (QED) is 0.557. The third-order valence-electron chi connectivity index (χ3n) is 2.58. The van der Waals surface area contributed by atoms with E-state index >= 15 is 0 Å². The molecule has 1 unspecified atom stereocenters. The number of fused-ring (bicyclic) bond motifs is 1. The van der Waals surface area contributed by atoms with Gasteiger partial charge in [0.15, 0.2) is 11.6 Å². The van der Waals surface area contributed by atoms with Crippen LogP contribution in [0, 0.1) is 0 Å². The summed E-state index contributed by atoms with van der Waals surface area (Å²) in [4.78, 5) is 28.5. The van der Waals surface area contributed by atoms with Crippen molar-refractivity contribution in [1.82, 2.24) is 4.98 Å². The molecule has 0 aliphatic rings. The van der Waals surface area contributed by atoms with Crippen LogP contribution in [0.2, 0.25) is 0 Å². The van der Waals surface area contributed by atoms with Gasteiger partial charge in [-0.3, -0.25) is 10.1 Å². The monoisotopic (exact) mass is 297 g/mol. The Morgan fingerprint density at radius 1 is 1.30 bits per heavy atom. The van der Waals surface area contributed by atoms with Gasteiger partial charge in [0, 0.05) is 0 Å². The Morgan fingerprint density at radius 3 is 2.65 bits per heavy atom. The number of aromatic amines is 1. The fourth-order valence-corrected chi connectivity index (χ4v) is 1.71. The van der Waals surface area contributed by atoms with Gasteiger partial charge < -0.3 is 22.6 Å². The Kier molecular flexibility index (Phi) is 5.22. The lowest BCUT2D eigenvalue weighted by molar-refractivity contribution is -0.364. The maximum absolute atomic E-state index is 11.0. The van der Waals surface area contributed by atoms with Crippen molar-refractivity contribution >= 4 is 28.7 Å². The van der Waals surface area contributed by atoms with Gasteiger partial charge in [0.1, 0.15) is 0 Å². The molecule has 2 aromatic rings. The number of aromatic nitrogens is 2. The van der Waals surface area contributed by atoms with Gasteiger partial charge in [0.05, 0.1) is 11.8 Å². The fourth-order valence-electron chi connectivity index (χ4n) is 1.71. The smallest absolute Gasteiger partial charge is 0.341 e. The molecular formula is C12H12ClN3O4. The van der Waals surface area contributed by atoms with Crippen LogP contribution in [0.15, 0.2) is 30.6 Å². The van der Waals surface area contributed by atoms with Crippen molar-refractivity contribution in [1.29, 1.82) is 0 Å². The normalized spacial score (nSPS) is 11.4. The van der Waals surface area contributed by atoms with Crippen molar-refractivity contribution in [2.75, 3.05) is 5.32 Å². The number of para-hydroxylation sites is 1. The highest BCUT2D eigenvalue weighted by molar-refractivity contribution is 5.90. The van der Waals surface area contributed by atoms with E-state index in [2.05, 4.69) is 15.3 Å². The van der Waals surface area contributed by atoms with E-state index in [1.807, 2.05) is 6.07 Å². The zero-order valence-electron chi connectivity index (χ0n) is 10.2. The van der Waals surface area contributed by atoms with E-state index in [-0.39, 0.29) is 12.4 Å². The second-order valence-corrected chi connectivity index (χ2v) is 3.93. The third kappa shape index (κ3) is 3.55. The molecule has 0 amide bonds. The number of carboxylic acids is 2. The number of carboxylic acid groups (broad SMARTS) is 2. The Balaban J connectivity index is 0.00000200. The number of hydrogen-bond acceptors (Lipinski definition) is 4. The van der Waals surface area contributed by atoms with Crippen molar-refractivity contribution in [2.24, 2.45) is 0 Å². The topological polar surface area (TPSA) is 114 Å². The van der Waals surface area contributed by atoms with E-state index in [4.69, 9.17) is 10.2 Å². The molecule has 0 radical (unpaired) electrons. The van der Waals surface area contributed by atoms with Gasteiger partial charge in [0.2, 0.25) is 12.1 Å². The van der Waals surface area contributed by atoms with Crippen molar-refractivity contribution in [3.05, 3.63) is 30.6 Å². The Hall–Kier alpha value is -2.41. The summed E-state index contributed by atoms with van der Waals surface area (Å²) in [5, 5.41) is 21.1. The molecule has 106 valence electrons. The molecule has 8 heteroatoms. The zero-order chi connectivity index (χ0) is 13.8. The van der Waals surface area contributed by atoms with Gasteiger partial charge in [-0.25, -0.2) is 9.78 Å². The second-order valence-electron chi connectivity index (χ2n) is 3.93. The van der Waals surface area contributed by atoms with Crippen LogP contribution in [-0.4, -0.2) is 33.2 Å². The first-order chi connectivity index (χ1) is 9.08. The Bertz CT molecular complexity index is 630. The molecule has 0 spiro atoms. The maximum Gasteiger partial charge on any atom is 0.341 e. The highest BCUT2D eigenvalue weighted by Crippen LogP contribution is 2.17. The van der Waals surface area contributed by atoms with E-state index in [0.717, 1.165) is 0 Å². The number of H-pyrrole nitrogens is 1. The molecule has 0 fully saturated rings. The number of hydrogen-bond donors (Lipinski definition) is 3. The highest BCUT2D eigenvalue weighted by atomic mass is 35.5. The van der Waals surface area contributed by atoms with Gasteiger partial charge in [-0.15, -0.1) is 4.98 Å². The summed E-state index contributed by atoms with van der Waals surface area (Å²) in [6.07, 6.45) is 0.907. The molecule has 7 nitrogen and oxygen atoms in total. The van der Waals surface area contributed by atoms with Gasteiger partial charge in [-0.2, -0.15) is 0 Å². The van der Waals surface area contributed by atoms with Crippen LogP contribution in [0.4, 0.5) is 5.82 Å². The first-order valence-corrected chi connectivity index (χ1v) is 5.54. The standard InChI is InChI=1S/C12H11N3O4.ClH/c16-10(17)5-9(12(18)19)15-11-7-3-1-2-4-8(7)13-6-14-11;/h1-4,6,9H,5H2,(H,16,17)(H,18,19)(H,13,14,15);1H. The van der Waals surface area contributed by atoms with E-state index in [1.54, 1.807) is 18.2 Å². The molecular weight excluding hydrogens is 286 g/mol.